The summed E-state index contributed by atoms with van der Waals surface area (Å²) in [4.78, 5) is 2.70. The molecule has 4 nitrogen and oxygen atoms in total. The first kappa shape index (κ1) is 13.1. The molecule has 0 radical (unpaired) electrons. The number of likely N-dealkylation sites (tertiary alicyclic amines) is 1. The molecule has 19 heavy (non-hydrogen) atoms. The standard InChI is InChI=1S/C15H26N4/c1-4-14-12(8-18(3)17-14)10-19-9-11-6-16-7-13(11)15(19)5-2/h8,11,13,15-16H,4-7,9-10H2,1-3H3. The fourth-order valence-electron chi connectivity index (χ4n) is 4.09. The van der Waals surface area contributed by atoms with Crippen molar-refractivity contribution in [2.45, 2.75) is 39.3 Å². The Morgan fingerprint density at radius 3 is 2.95 bits per heavy atom. The molecule has 0 spiro atoms. The van der Waals surface area contributed by atoms with Crippen LogP contribution in [0.4, 0.5) is 0 Å². The van der Waals surface area contributed by atoms with E-state index in [1.54, 1.807) is 0 Å². The van der Waals surface area contributed by atoms with Crippen LogP contribution in [0.1, 0.15) is 31.5 Å². The summed E-state index contributed by atoms with van der Waals surface area (Å²) >= 11 is 0. The Morgan fingerprint density at radius 1 is 1.37 bits per heavy atom. The minimum Gasteiger partial charge on any atom is -0.316 e. The quantitative estimate of drug-likeness (QED) is 0.891. The normalized spacial score (nSPS) is 31.0. The summed E-state index contributed by atoms with van der Waals surface area (Å²) in [5, 5.41) is 8.13. The molecule has 3 atom stereocenters. The number of aromatic nitrogens is 2. The first-order valence-corrected chi connectivity index (χ1v) is 7.69. The summed E-state index contributed by atoms with van der Waals surface area (Å²) in [5.74, 6) is 1.73. The number of nitrogens with zero attached hydrogens (tertiary/aromatic N) is 3. The molecule has 2 fully saturated rings. The summed E-state index contributed by atoms with van der Waals surface area (Å²) in [6.07, 6.45) is 4.51. The maximum absolute atomic E-state index is 4.57. The highest BCUT2D eigenvalue weighted by molar-refractivity contribution is 5.17. The van der Waals surface area contributed by atoms with Gasteiger partial charge in [0.25, 0.3) is 0 Å². The molecule has 2 aliphatic rings. The first-order chi connectivity index (χ1) is 9.22. The molecule has 1 N–H and O–H groups in total. The van der Waals surface area contributed by atoms with Crippen LogP contribution in [0.5, 0.6) is 0 Å². The van der Waals surface area contributed by atoms with Gasteiger partial charge in [-0.15, -0.1) is 0 Å². The van der Waals surface area contributed by atoms with Crippen LogP contribution >= 0.6 is 0 Å². The zero-order valence-electron chi connectivity index (χ0n) is 12.4. The summed E-state index contributed by atoms with van der Waals surface area (Å²) in [6, 6.07) is 0.755. The van der Waals surface area contributed by atoms with Gasteiger partial charge in [0.1, 0.15) is 0 Å². The van der Waals surface area contributed by atoms with E-state index < -0.39 is 0 Å². The van der Waals surface area contributed by atoms with Crippen LogP contribution < -0.4 is 5.32 Å². The Balaban J connectivity index is 1.75. The van der Waals surface area contributed by atoms with Crippen LogP contribution in [0.25, 0.3) is 0 Å². The second-order valence-corrected chi connectivity index (χ2v) is 6.12. The maximum Gasteiger partial charge on any atom is 0.0666 e. The third-order valence-electron chi connectivity index (χ3n) is 4.94. The van der Waals surface area contributed by atoms with E-state index in [-0.39, 0.29) is 0 Å². The van der Waals surface area contributed by atoms with Gasteiger partial charge in [0.2, 0.25) is 0 Å². The van der Waals surface area contributed by atoms with E-state index in [0.29, 0.717) is 0 Å². The molecule has 3 unspecified atom stereocenters. The SMILES string of the molecule is CCc1nn(C)cc1CN1CC2CNCC2C1CC. The topological polar surface area (TPSA) is 33.1 Å². The van der Waals surface area contributed by atoms with Crippen molar-refractivity contribution in [1.82, 2.24) is 20.0 Å². The fourth-order valence-corrected chi connectivity index (χ4v) is 4.09. The molecule has 0 aliphatic carbocycles. The molecule has 3 rings (SSSR count). The number of nitrogens with one attached hydrogen (secondary N) is 1. The number of fused-ring (bicyclic) bond motifs is 1. The molecule has 0 bridgehead atoms. The summed E-state index contributed by atoms with van der Waals surface area (Å²) in [6.45, 7) is 9.31. The lowest BCUT2D eigenvalue weighted by Gasteiger charge is -2.26. The highest BCUT2D eigenvalue weighted by Crippen LogP contribution is 2.35. The highest BCUT2D eigenvalue weighted by atomic mass is 15.3. The molecule has 3 heterocycles. The van der Waals surface area contributed by atoms with Crippen LogP contribution in [0.2, 0.25) is 0 Å². The van der Waals surface area contributed by atoms with Gasteiger partial charge in [-0.2, -0.15) is 5.10 Å². The van der Waals surface area contributed by atoms with Crippen LogP contribution in [0, 0.1) is 11.8 Å². The summed E-state index contributed by atoms with van der Waals surface area (Å²) in [5.41, 5.74) is 2.70. The molecule has 1 aromatic rings. The average Bonchev–Trinajstić information content (AvgIpc) is 3.03. The van der Waals surface area contributed by atoms with Crippen LogP contribution in [-0.4, -0.2) is 40.4 Å². The zero-order valence-corrected chi connectivity index (χ0v) is 12.4. The largest absolute Gasteiger partial charge is 0.316 e. The van der Waals surface area contributed by atoms with Crippen molar-refractivity contribution >= 4 is 0 Å². The average molecular weight is 262 g/mol. The van der Waals surface area contributed by atoms with Crippen molar-refractivity contribution in [2.24, 2.45) is 18.9 Å². The first-order valence-electron chi connectivity index (χ1n) is 7.69. The van der Waals surface area contributed by atoms with Crippen molar-refractivity contribution in [2.75, 3.05) is 19.6 Å². The van der Waals surface area contributed by atoms with Crippen molar-refractivity contribution < 1.29 is 0 Å². The fraction of sp³-hybridized carbons (Fsp3) is 0.800. The molecular weight excluding hydrogens is 236 g/mol. The smallest absolute Gasteiger partial charge is 0.0666 e. The lowest BCUT2D eigenvalue weighted by atomic mass is 9.93. The minimum atomic E-state index is 0.755. The van der Waals surface area contributed by atoms with Crippen molar-refractivity contribution in [3.8, 4) is 0 Å². The molecule has 2 saturated heterocycles. The van der Waals surface area contributed by atoms with Crippen molar-refractivity contribution in [1.29, 1.82) is 0 Å². The Hall–Kier alpha value is -0.870. The van der Waals surface area contributed by atoms with E-state index in [4.69, 9.17) is 0 Å². The molecule has 0 amide bonds. The van der Waals surface area contributed by atoms with Gasteiger partial charge in [0, 0.05) is 37.9 Å². The Labute approximate surface area is 116 Å². The second-order valence-electron chi connectivity index (χ2n) is 6.12. The molecular formula is C15H26N4. The van der Waals surface area contributed by atoms with Gasteiger partial charge in [-0.3, -0.25) is 9.58 Å². The molecule has 4 heteroatoms. The predicted octanol–water partition coefficient (Wildman–Crippen LogP) is 1.41. The van der Waals surface area contributed by atoms with E-state index in [9.17, 15) is 0 Å². The summed E-state index contributed by atoms with van der Waals surface area (Å²) < 4.78 is 1.97. The van der Waals surface area contributed by atoms with Gasteiger partial charge in [0.05, 0.1) is 5.69 Å². The Morgan fingerprint density at radius 2 is 2.21 bits per heavy atom. The highest BCUT2D eigenvalue weighted by Gasteiger charge is 2.43. The number of hydrogen-bond acceptors (Lipinski definition) is 3. The molecule has 2 aliphatic heterocycles. The lowest BCUT2D eigenvalue weighted by molar-refractivity contribution is 0.210. The van der Waals surface area contributed by atoms with Gasteiger partial charge < -0.3 is 5.32 Å². The second kappa shape index (κ2) is 5.25. The zero-order chi connectivity index (χ0) is 13.4. The third kappa shape index (κ3) is 2.32. The number of aryl methyl sites for hydroxylation is 2. The van der Waals surface area contributed by atoms with Gasteiger partial charge in [-0.05, 0) is 37.8 Å². The number of hydrogen-bond donors (Lipinski definition) is 1. The lowest BCUT2D eigenvalue weighted by Crippen LogP contribution is -2.34. The maximum atomic E-state index is 4.57. The van der Waals surface area contributed by atoms with Crippen LogP contribution in [0.15, 0.2) is 6.20 Å². The van der Waals surface area contributed by atoms with Gasteiger partial charge in [0.15, 0.2) is 0 Å². The summed E-state index contributed by atoms with van der Waals surface area (Å²) in [7, 11) is 2.03. The molecule has 106 valence electrons. The van der Waals surface area contributed by atoms with E-state index in [1.807, 2.05) is 11.7 Å². The van der Waals surface area contributed by atoms with Crippen LogP contribution in [0.3, 0.4) is 0 Å². The minimum absolute atomic E-state index is 0.755. The van der Waals surface area contributed by atoms with Crippen molar-refractivity contribution in [3.63, 3.8) is 0 Å². The third-order valence-corrected chi connectivity index (χ3v) is 4.94. The van der Waals surface area contributed by atoms with Gasteiger partial charge in [-0.1, -0.05) is 13.8 Å². The van der Waals surface area contributed by atoms with E-state index in [1.165, 1.54) is 37.3 Å². The Kier molecular flexibility index (Phi) is 3.63. The van der Waals surface area contributed by atoms with E-state index >= 15 is 0 Å². The molecule has 1 aromatic heterocycles. The monoisotopic (exact) mass is 262 g/mol. The Bertz CT molecular complexity index is 439. The van der Waals surface area contributed by atoms with E-state index in [0.717, 1.165) is 30.8 Å². The molecule has 0 aromatic carbocycles. The van der Waals surface area contributed by atoms with Crippen molar-refractivity contribution in [3.05, 3.63) is 17.5 Å². The van der Waals surface area contributed by atoms with Gasteiger partial charge in [-0.25, -0.2) is 0 Å². The van der Waals surface area contributed by atoms with E-state index in [2.05, 4.69) is 35.4 Å². The van der Waals surface area contributed by atoms with Crippen LogP contribution in [-0.2, 0) is 20.0 Å². The predicted molar refractivity (Wildman–Crippen MR) is 76.9 cm³/mol. The number of rotatable bonds is 4. The molecule has 0 saturated carbocycles. The van der Waals surface area contributed by atoms with Gasteiger partial charge >= 0.3 is 0 Å².